The van der Waals surface area contributed by atoms with Gasteiger partial charge in [0.05, 0.1) is 6.54 Å². The summed E-state index contributed by atoms with van der Waals surface area (Å²) in [5.41, 5.74) is 13.0. The van der Waals surface area contributed by atoms with Gasteiger partial charge in [0.2, 0.25) is 0 Å². The van der Waals surface area contributed by atoms with Crippen LogP contribution in [0.2, 0.25) is 0 Å². The smallest absolute Gasteiger partial charge is 0.0602 e. The summed E-state index contributed by atoms with van der Waals surface area (Å²) >= 11 is 0. The topological polar surface area (TPSA) is 43.8 Å². The summed E-state index contributed by atoms with van der Waals surface area (Å²) in [6.07, 6.45) is 4.74. The number of hydrogen-bond donors (Lipinski definition) is 1. The Balaban J connectivity index is 1.64. The SMILES string of the molecule is NC(Cn1cccn1)c1ccc2c(c1)Cc1ccccc1-2. The zero-order valence-electron chi connectivity index (χ0n) is 11.7. The first kappa shape index (κ1) is 12.4. The van der Waals surface area contributed by atoms with Gasteiger partial charge in [0.15, 0.2) is 0 Å². The van der Waals surface area contributed by atoms with Gasteiger partial charge in [-0.15, -0.1) is 0 Å². The second-order valence-corrected chi connectivity index (χ2v) is 5.59. The fraction of sp³-hybridized carbons (Fsp3) is 0.167. The Bertz CT molecular complexity index is 775. The molecule has 0 saturated carbocycles. The minimum Gasteiger partial charge on any atom is -0.322 e. The van der Waals surface area contributed by atoms with Crippen LogP contribution in [0.1, 0.15) is 22.7 Å². The van der Waals surface area contributed by atoms with Crippen LogP contribution >= 0.6 is 0 Å². The molecular weight excluding hydrogens is 258 g/mol. The summed E-state index contributed by atoms with van der Waals surface area (Å²) in [6, 6.07) is 17.1. The van der Waals surface area contributed by atoms with E-state index in [9.17, 15) is 0 Å². The van der Waals surface area contributed by atoms with Gasteiger partial charge < -0.3 is 5.73 Å². The second kappa shape index (κ2) is 4.86. The number of hydrogen-bond acceptors (Lipinski definition) is 2. The van der Waals surface area contributed by atoms with Gasteiger partial charge in [0, 0.05) is 18.4 Å². The van der Waals surface area contributed by atoms with Crippen molar-refractivity contribution in [3.05, 3.63) is 77.6 Å². The molecule has 104 valence electrons. The Hall–Kier alpha value is -2.39. The fourth-order valence-electron chi connectivity index (χ4n) is 3.11. The predicted molar refractivity (Wildman–Crippen MR) is 83.8 cm³/mol. The molecule has 1 aliphatic carbocycles. The van der Waals surface area contributed by atoms with Crippen LogP contribution in [0.15, 0.2) is 60.9 Å². The van der Waals surface area contributed by atoms with Crippen LogP contribution in [-0.4, -0.2) is 9.78 Å². The van der Waals surface area contributed by atoms with Crippen molar-refractivity contribution in [1.82, 2.24) is 9.78 Å². The zero-order valence-corrected chi connectivity index (χ0v) is 11.7. The Morgan fingerprint density at radius 1 is 1.05 bits per heavy atom. The highest BCUT2D eigenvalue weighted by Gasteiger charge is 2.19. The number of fused-ring (bicyclic) bond motifs is 3. The van der Waals surface area contributed by atoms with E-state index >= 15 is 0 Å². The summed E-state index contributed by atoms with van der Waals surface area (Å²) in [5, 5.41) is 4.22. The third-order valence-electron chi connectivity index (χ3n) is 4.19. The molecule has 0 radical (unpaired) electrons. The van der Waals surface area contributed by atoms with Gasteiger partial charge in [0.1, 0.15) is 0 Å². The van der Waals surface area contributed by atoms with Gasteiger partial charge in [0.25, 0.3) is 0 Å². The Kier molecular flexibility index (Phi) is 2.86. The van der Waals surface area contributed by atoms with Crippen molar-refractivity contribution in [2.24, 2.45) is 5.73 Å². The van der Waals surface area contributed by atoms with Gasteiger partial charge in [-0.05, 0) is 40.3 Å². The van der Waals surface area contributed by atoms with Crippen LogP contribution in [-0.2, 0) is 13.0 Å². The molecule has 1 heterocycles. The Morgan fingerprint density at radius 2 is 1.90 bits per heavy atom. The molecule has 1 aromatic heterocycles. The van der Waals surface area contributed by atoms with Gasteiger partial charge in [-0.1, -0.05) is 42.5 Å². The molecule has 0 saturated heterocycles. The van der Waals surface area contributed by atoms with Crippen LogP contribution in [0.5, 0.6) is 0 Å². The third-order valence-corrected chi connectivity index (χ3v) is 4.19. The molecule has 0 fully saturated rings. The number of rotatable bonds is 3. The molecule has 0 aliphatic heterocycles. The monoisotopic (exact) mass is 275 g/mol. The van der Waals surface area contributed by atoms with E-state index in [0.717, 1.165) is 6.42 Å². The van der Waals surface area contributed by atoms with Gasteiger partial charge >= 0.3 is 0 Å². The molecule has 1 atom stereocenters. The lowest BCUT2D eigenvalue weighted by Gasteiger charge is -2.13. The van der Waals surface area contributed by atoms with Crippen molar-refractivity contribution >= 4 is 0 Å². The van der Waals surface area contributed by atoms with Gasteiger partial charge in [-0.25, -0.2) is 0 Å². The molecule has 1 aliphatic rings. The maximum atomic E-state index is 6.32. The molecular formula is C18H17N3. The molecule has 4 rings (SSSR count). The van der Waals surface area contributed by atoms with E-state index in [-0.39, 0.29) is 6.04 Å². The van der Waals surface area contributed by atoms with E-state index in [1.54, 1.807) is 6.20 Å². The largest absolute Gasteiger partial charge is 0.322 e. The van der Waals surface area contributed by atoms with E-state index < -0.39 is 0 Å². The van der Waals surface area contributed by atoms with Crippen molar-refractivity contribution in [2.45, 2.75) is 19.0 Å². The minimum absolute atomic E-state index is 0.0288. The molecule has 21 heavy (non-hydrogen) atoms. The quantitative estimate of drug-likeness (QED) is 0.624. The summed E-state index contributed by atoms with van der Waals surface area (Å²) in [5.74, 6) is 0. The van der Waals surface area contributed by atoms with Crippen LogP contribution < -0.4 is 5.73 Å². The average Bonchev–Trinajstić information content (AvgIpc) is 3.13. The van der Waals surface area contributed by atoms with Crippen LogP contribution in [0, 0.1) is 0 Å². The fourth-order valence-corrected chi connectivity index (χ4v) is 3.11. The van der Waals surface area contributed by atoms with E-state index in [2.05, 4.69) is 47.6 Å². The van der Waals surface area contributed by atoms with Crippen molar-refractivity contribution < 1.29 is 0 Å². The first-order valence-corrected chi connectivity index (χ1v) is 7.25. The zero-order chi connectivity index (χ0) is 14.2. The normalized spacial score (nSPS) is 13.8. The van der Waals surface area contributed by atoms with Crippen LogP contribution in [0.4, 0.5) is 0 Å². The third kappa shape index (κ3) is 2.16. The molecule has 3 heteroatoms. The maximum Gasteiger partial charge on any atom is 0.0602 e. The molecule has 0 bridgehead atoms. The van der Waals surface area contributed by atoms with Crippen LogP contribution in [0.3, 0.4) is 0 Å². The minimum atomic E-state index is -0.0288. The molecule has 1 unspecified atom stereocenters. The van der Waals surface area contributed by atoms with E-state index in [1.165, 1.54) is 27.8 Å². The highest BCUT2D eigenvalue weighted by Crippen LogP contribution is 2.37. The summed E-state index contributed by atoms with van der Waals surface area (Å²) in [6.45, 7) is 0.707. The van der Waals surface area contributed by atoms with Crippen molar-refractivity contribution in [3.8, 4) is 11.1 Å². The molecule has 2 aromatic carbocycles. The number of nitrogens with zero attached hydrogens (tertiary/aromatic N) is 2. The lowest BCUT2D eigenvalue weighted by atomic mass is 10.00. The molecule has 0 spiro atoms. The standard InChI is InChI=1S/C18H17N3/c19-18(12-21-9-3-8-20-21)14-6-7-17-15(11-14)10-13-4-1-2-5-16(13)17/h1-9,11,18H,10,12,19H2. The molecule has 3 aromatic rings. The Morgan fingerprint density at radius 3 is 2.76 bits per heavy atom. The molecule has 3 nitrogen and oxygen atoms in total. The number of aromatic nitrogens is 2. The van der Waals surface area contributed by atoms with Crippen molar-refractivity contribution in [1.29, 1.82) is 0 Å². The first-order chi connectivity index (χ1) is 10.3. The first-order valence-electron chi connectivity index (χ1n) is 7.25. The van der Waals surface area contributed by atoms with Crippen molar-refractivity contribution in [2.75, 3.05) is 0 Å². The highest BCUT2D eigenvalue weighted by molar-refractivity contribution is 5.76. The van der Waals surface area contributed by atoms with Gasteiger partial charge in [-0.3, -0.25) is 4.68 Å². The van der Waals surface area contributed by atoms with E-state index in [4.69, 9.17) is 5.73 Å². The number of benzene rings is 2. The van der Waals surface area contributed by atoms with Crippen molar-refractivity contribution in [3.63, 3.8) is 0 Å². The Labute approximate surface area is 124 Å². The average molecular weight is 275 g/mol. The predicted octanol–water partition coefficient (Wildman–Crippen LogP) is 3.15. The summed E-state index contributed by atoms with van der Waals surface area (Å²) < 4.78 is 1.88. The lowest BCUT2D eigenvalue weighted by molar-refractivity contribution is 0.527. The summed E-state index contributed by atoms with van der Waals surface area (Å²) in [4.78, 5) is 0. The lowest BCUT2D eigenvalue weighted by Crippen LogP contribution is -2.18. The van der Waals surface area contributed by atoms with E-state index in [1.807, 2.05) is 16.9 Å². The second-order valence-electron chi connectivity index (χ2n) is 5.59. The molecule has 0 amide bonds. The summed E-state index contributed by atoms with van der Waals surface area (Å²) in [7, 11) is 0. The van der Waals surface area contributed by atoms with Crippen LogP contribution in [0.25, 0.3) is 11.1 Å². The highest BCUT2D eigenvalue weighted by atomic mass is 15.3. The maximum absolute atomic E-state index is 6.32. The number of nitrogens with two attached hydrogens (primary N) is 1. The van der Waals surface area contributed by atoms with Gasteiger partial charge in [-0.2, -0.15) is 5.10 Å². The molecule has 2 N–H and O–H groups in total. The van der Waals surface area contributed by atoms with E-state index in [0.29, 0.717) is 6.54 Å².